The molecule has 0 fully saturated rings. The molecule has 0 spiro atoms. The van der Waals surface area contributed by atoms with Crippen molar-refractivity contribution in [2.75, 3.05) is 5.32 Å². The number of amides is 1. The molecule has 0 saturated carbocycles. The van der Waals surface area contributed by atoms with E-state index in [1.54, 1.807) is 0 Å². The number of aromatic amines is 1. The van der Waals surface area contributed by atoms with E-state index in [2.05, 4.69) is 60.3 Å². The Bertz CT molecular complexity index is 673. The number of carbonyl (C=O) groups excluding carboxylic acids is 1. The second-order valence-electron chi connectivity index (χ2n) is 6.89. The predicted octanol–water partition coefficient (Wildman–Crippen LogP) is 4.17. The van der Waals surface area contributed by atoms with Crippen LogP contribution in [0.2, 0.25) is 0 Å². The molecule has 24 heavy (non-hydrogen) atoms. The van der Waals surface area contributed by atoms with Crippen molar-refractivity contribution in [3.8, 4) is 0 Å². The fourth-order valence-electron chi connectivity index (χ4n) is 2.19. The van der Waals surface area contributed by atoms with E-state index in [1.807, 2.05) is 19.1 Å². The molecule has 0 saturated heterocycles. The van der Waals surface area contributed by atoms with Crippen molar-refractivity contribution < 1.29 is 4.79 Å². The van der Waals surface area contributed by atoms with E-state index in [0.717, 1.165) is 24.4 Å². The van der Waals surface area contributed by atoms with E-state index in [0.29, 0.717) is 5.16 Å². The van der Waals surface area contributed by atoms with Crippen molar-refractivity contribution >= 4 is 23.4 Å². The molecule has 2 aromatic rings. The van der Waals surface area contributed by atoms with E-state index in [-0.39, 0.29) is 16.6 Å². The Kier molecular flexibility index (Phi) is 6.04. The Morgan fingerprint density at radius 2 is 1.96 bits per heavy atom. The number of anilines is 1. The van der Waals surface area contributed by atoms with Gasteiger partial charge >= 0.3 is 0 Å². The summed E-state index contributed by atoms with van der Waals surface area (Å²) in [5.74, 6) is 0.815. The number of thioether (sulfide) groups is 1. The molecule has 2 N–H and O–H groups in total. The lowest BCUT2D eigenvalue weighted by Crippen LogP contribution is -2.22. The number of rotatable bonds is 6. The number of nitrogens with zero attached hydrogens (tertiary/aromatic N) is 2. The molecule has 1 heterocycles. The molecule has 5 nitrogen and oxygen atoms in total. The Balaban J connectivity index is 1.93. The van der Waals surface area contributed by atoms with E-state index >= 15 is 0 Å². The zero-order chi connectivity index (χ0) is 17.7. The molecule has 0 bridgehead atoms. The van der Waals surface area contributed by atoms with Crippen LogP contribution in [0.4, 0.5) is 5.69 Å². The van der Waals surface area contributed by atoms with Crippen LogP contribution in [0.3, 0.4) is 0 Å². The second-order valence-corrected chi connectivity index (χ2v) is 8.20. The van der Waals surface area contributed by atoms with Gasteiger partial charge in [0.2, 0.25) is 11.1 Å². The van der Waals surface area contributed by atoms with Crippen LogP contribution in [0, 0.1) is 0 Å². The van der Waals surface area contributed by atoms with Crippen LogP contribution in [0.25, 0.3) is 0 Å². The van der Waals surface area contributed by atoms with Crippen molar-refractivity contribution in [1.29, 1.82) is 0 Å². The number of hydrogen-bond acceptors (Lipinski definition) is 4. The minimum atomic E-state index is -0.266. The Hall–Kier alpha value is -1.82. The van der Waals surface area contributed by atoms with Gasteiger partial charge in [-0.25, -0.2) is 4.98 Å². The maximum atomic E-state index is 12.3. The highest BCUT2D eigenvalue weighted by atomic mass is 32.2. The average molecular weight is 347 g/mol. The van der Waals surface area contributed by atoms with Crippen LogP contribution in [0.15, 0.2) is 29.4 Å². The smallest absolute Gasteiger partial charge is 0.237 e. The Morgan fingerprint density at radius 1 is 1.29 bits per heavy atom. The molecule has 2 rings (SSSR count). The Labute approximate surface area is 148 Å². The molecule has 130 valence electrons. The summed E-state index contributed by atoms with van der Waals surface area (Å²) >= 11 is 1.36. The highest BCUT2D eigenvalue weighted by Gasteiger charge is 2.18. The SMILES string of the molecule is CCCc1nc(SC(C)C(=O)Nc2ccc(C(C)(C)C)cc2)n[nH]1. The first-order valence-corrected chi connectivity index (χ1v) is 9.17. The molecule has 1 atom stereocenters. The minimum Gasteiger partial charge on any atom is -0.325 e. The normalized spacial score (nSPS) is 12.9. The molecule has 1 aromatic carbocycles. The van der Waals surface area contributed by atoms with Crippen LogP contribution in [-0.2, 0) is 16.6 Å². The Morgan fingerprint density at radius 3 is 2.54 bits per heavy atom. The standard InChI is InChI=1S/C18H26N4OS/c1-6-7-15-20-17(22-21-15)24-12(2)16(23)19-14-10-8-13(9-11-14)18(3,4)5/h8-12H,6-7H2,1-5H3,(H,19,23)(H,20,21,22). The van der Waals surface area contributed by atoms with E-state index in [9.17, 15) is 4.79 Å². The highest BCUT2D eigenvalue weighted by Crippen LogP contribution is 2.24. The molecule has 1 amide bonds. The first-order valence-electron chi connectivity index (χ1n) is 8.29. The summed E-state index contributed by atoms with van der Waals surface area (Å²) < 4.78 is 0. The number of nitrogens with one attached hydrogen (secondary N) is 2. The number of H-pyrrole nitrogens is 1. The molecule has 1 aromatic heterocycles. The molecule has 1 unspecified atom stereocenters. The van der Waals surface area contributed by atoms with Gasteiger partial charge in [0.25, 0.3) is 0 Å². The predicted molar refractivity (Wildman–Crippen MR) is 99.5 cm³/mol. The number of benzene rings is 1. The maximum Gasteiger partial charge on any atom is 0.237 e. The number of carbonyl (C=O) groups is 1. The molecule has 0 aliphatic heterocycles. The molecular formula is C18H26N4OS. The summed E-state index contributed by atoms with van der Waals surface area (Å²) in [5, 5.41) is 10.4. The minimum absolute atomic E-state index is 0.0506. The van der Waals surface area contributed by atoms with E-state index < -0.39 is 0 Å². The zero-order valence-corrected chi connectivity index (χ0v) is 15.8. The maximum absolute atomic E-state index is 12.3. The monoisotopic (exact) mass is 346 g/mol. The summed E-state index contributed by atoms with van der Waals surface area (Å²) in [6.07, 6.45) is 1.88. The van der Waals surface area contributed by atoms with Gasteiger partial charge in [0.05, 0.1) is 5.25 Å². The van der Waals surface area contributed by atoms with Gasteiger partial charge in [-0.15, -0.1) is 5.10 Å². The zero-order valence-electron chi connectivity index (χ0n) is 15.0. The van der Waals surface area contributed by atoms with Crippen LogP contribution in [0.1, 0.15) is 52.4 Å². The van der Waals surface area contributed by atoms with Gasteiger partial charge in [-0.2, -0.15) is 0 Å². The van der Waals surface area contributed by atoms with Gasteiger partial charge in [-0.05, 0) is 36.5 Å². The molecule has 0 aliphatic carbocycles. The fraction of sp³-hybridized carbons (Fsp3) is 0.500. The van der Waals surface area contributed by atoms with Crippen molar-refractivity contribution in [2.45, 2.75) is 63.3 Å². The fourth-order valence-corrected chi connectivity index (χ4v) is 2.93. The lowest BCUT2D eigenvalue weighted by molar-refractivity contribution is -0.115. The van der Waals surface area contributed by atoms with E-state index in [1.165, 1.54) is 17.3 Å². The topological polar surface area (TPSA) is 70.7 Å². The number of hydrogen-bond donors (Lipinski definition) is 2. The molecular weight excluding hydrogens is 320 g/mol. The van der Waals surface area contributed by atoms with Crippen LogP contribution in [-0.4, -0.2) is 26.3 Å². The summed E-state index contributed by atoms with van der Waals surface area (Å²) in [6, 6.07) is 8.00. The summed E-state index contributed by atoms with van der Waals surface area (Å²) in [7, 11) is 0. The van der Waals surface area contributed by atoms with Crippen molar-refractivity contribution in [2.24, 2.45) is 0 Å². The van der Waals surface area contributed by atoms with Crippen LogP contribution >= 0.6 is 11.8 Å². The van der Waals surface area contributed by atoms with Gasteiger partial charge in [0, 0.05) is 12.1 Å². The molecule has 0 radical (unpaired) electrons. The first-order chi connectivity index (χ1) is 11.3. The summed E-state index contributed by atoms with van der Waals surface area (Å²) in [5.41, 5.74) is 2.15. The third-order valence-electron chi connectivity index (χ3n) is 3.67. The third-order valence-corrected chi connectivity index (χ3v) is 4.63. The van der Waals surface area contributed by atoms with Gasteiger partial charge in [0.1, 0.15) is 5.82 Å². The summed E-state index contributed by atoms with van der Waals surface area (Å²) in [4.78, 5) is 16.7. The molecule has 6 heteroatoms. The van der Waals surface area contributed by atoms with Gasteiger partial charge in [0.15, 0.2) is 0 Å². The lowest BCUT2D eigenvalue weighted by Gasteiger charge is -2.19. The van der Waals surface area contributed by atoms with Crippen molar-refractivity contribution in [3.63, 3.8) is 0 Å². The highest BCUT2D eigenvalue weighted by molar-refractivity contribution is 8.00. The van der Waals surface area contributed by atoms with Gasteiger partial charge in [-0.1, -0.05) is 51.6 Å². The van der Waals surface area contributed by atoms with Crippen LogP contribution < -0.4 is 5.32 Å². The van der Waals surface area contributed by atoms with Crippen LogP contribution in [0.5, 0.6) is 0 Å². The molecule has 0 aliphatic rings. The quantitative estimate of drug-likeness (QED) is 0.770. The van der Waals surface area contributed by atoms with Crippen molar-refractivity contribution in [3.05, 3.63) is 35.7 Å². The largest absolute Gasteiger partial charge is 0.325 e. The number of aryl methyl sites for hydroxylation is 1. The van der Waals surface area contributed by atoms with Gasteiger partial charge in [-0.3, -0.25) is 9.89 Å². The third kappa shape index (κ3) is 5.09. The lowest BCUT2D eigenvalue weighted by atomic mass is 9.87. The summed E-state index contributed by atoms with van der Waals surface area (Å²) in [6.45, 7) is 10.5. The van der Waals surface area contributed by atoms with Gasteiger partial charge < -0.3 is 5.32 Å². The average Bonchev–Trinajstić information content (AvgIpc) is 2.94. The number of aromatic nitrogens is 3. The first kappa shape index (κ1) is 18.5. The van der Waals surface area contributed by atoms with Crippen molar-refractivity contribution in [1.82, 2.24) is 15.2 Å². The second kappa shape index (κ2) is 7.83. The van der Waals surface area contributed by atoms with E-state index in [4.69, 9.17) is 0 Å².